The van der Waals surface area contributed by atoms with Gasteiger partial charge in [-0.05, 0) is 31.2 Å². The van der Waals surface area contributed by atoms with Crippen molar-refractivity contribution in [2.75, 3.05) is 13.7 Å². The van der Waals surface area contributed by atoms with Gasteiger partial charge in [0.15, 0.2) is 15.6 Å². The van der Waals surface area contributed by atoms with Crippen LogP contribution in [0.3, 0.4) is 0 Å². The van der Waals surface area contributed by atoms with Gasteiger partial charge in [0.2, 0.25) is 5.25 Å². The molecule has 0 aliphatic heterocycles. The minimum atomic E-state index is -4.27. The number of ether oxygens (including phenoxy) is 2. The van der Waals surface area contributed by atoms with Crippen molar-refractivity contribution in [1.29, 1.82) is 0 Å². The SMILES string of the molecule is CCOC(=O)C(C(=O)c1ccccc1)S(=O)(=O)c1ccc(OC)cc1. The lowest BCUT2D eigenvalue weighted by molar-refractivity contribution is -0.141. The summed E-state index contributed by atoms with van der Waals surface area (Å²) in [5.41, 5.74) is 0.123. The Morgan fingerprint density at radius 3 is 2.12 bits per heavy atom. The van der Waals surface area contributed by atoms with Crippen LogP contribution in [0.2, 0.25) is 0 Å². The van der Waals surface area contributed by atoms with Crippen LogP contribution in [0.4, 0.5) is 0 Å². The molecule has 0 amide bonds. The topological polar surface area (TPSA) is 86.7 Å². The Labute approximate surface area is 146 Å². The zero-order chi connectivity index (χ0) is 18.4. The third-order valence-corrected chi connectivity index (χ3v) is 5.45. The molecular weight excluding hydrogens is 344 g/mol. The fourth-order valence-electron chi connectivity index (χ4n) is 2.25. The number of hydrogen-bond donors (Lipinski definition) is 0. The highest BCUT2D eigenvalue weighted by Crippen LogP contribution is 2.23. The van der Waals surface area contributed by atoms with E-state index in [1.165, 1.54) is 43.5 Å². The summed E-state index contributed by atoms with van der Waals surface area (Å²) >= 11 is 0. The minimum Gasteiger partial charge on any atom is -0.497 e. The Bertz CT molecular complexity index is 841. The first-order valence-corrected chi connectivity index (χ1v) is 9.10. The molecule has 0 heterocycles. The van der Waals surface area contributed by atoms with Gasteiger partial charge in [0.05, 0.1) is 18.6 Å². The molecule has 132 valence electrons. The van der Waals surface area contributed by atoms with Crippen LogP contribution in [0, 0.1) is 0 Å². The molecule has 0 spiro atoms. The number of ketones is 1. The third kappa shape index (κ3) is 4.06. The lowest BCUT2D eigenvalue weighted by Crippen LogP contribution is -2.39. The number of methoxy groups -OCH3 is 1. The van der Waals surface area contributed by atoms with E-state index in [0.29, 0.717) is 5.75 Å². The first-order valence-electron chi connectivity index (χ1n) is 7.55. The van der Waals surface area contributed by atoms with Gasteiger partial charge in [-0.1, -0.05) is 30.3 Å². The molecule has 2 aromatic carbocycles. The van der Waals surface area contributed by atoms with Crippen molar-refractivity contribution in [1.82, 2.24) is 0 Å². The number of Topliss-reactive ketones (excluding diaryl/α,β-unsaturated/α-hetero) is 1. The molecule has 0 N–H and O–H groups in total. The molecule has 1 unspecified atom stereocenters. The van der Waals surface area contributed by atoms with E-state index in [4.69, 9.17) is 9.47 Å². The summed E-state index contributed by atoms with van der Waals surface area (Å²) in [5.74, 6) is -1.46. The number of hydrogen-bond acceptors (Lipinski definition) is 6. The molecular formula is C18H18O6S. The molecule has 0 aliphatic rings. The van der Waals surface area contributed by atoms with Crippen molar-refractivity contribution >= 4 is 21.6 Å². The third-order valence-electron chi connectivity index (χ3n) is 3.50. The van der Waals surface area contributed by atoms with E-state index >= 15 is 0 Å². The summed E-state index contributed by atoms with van der Waals surface area (Å²) in [7, 11) is -2.83. The van der Waals surface area contributed by atoms with Crippen molar-refractivity contribution in [3.63, 3.8) is 0 Å². The largest absolute Gasteiger partial charge is 0.497 e. The average Bonchev–Trinajstić information content (AvgIpc) is 2.62. The second-order valence-corrected chi connectivity index (χ2v) is 7.12. The predicted octanol–water partition coefficient (Wildman–Crippen LogP) is 2.28. The molecule has 0 bridgehead atoms. The van der Waals surface area contributed by atoms with Gasteiger partial charge in [0, 0.05) is 5.56 Å². The Balaban J connectivity index is 2.50. The summed E-state index contributed by atoms with van der Waals surface area (Å²) in [6.07, 6.45) is 0. The van der Waals surface area contributed by atoms with Crippen LogP contribution in [0.5, 0.6) is 5.75 Å². The molecule has 2 aromatic rings. The number of esters is 1. The van der Waals surface area contributed by atoms with Crippen LogP contribution in [0.15, 0.2) is 59.5 Å². The molecule has 1 atom stereocenters. The highest BCUT2D eigenvalue weighted by Gasteiger charge is 2.42. The number of rotatable bonds is 7. The summed E-state index contributed by atoms with van der Waals surface area (Å²) in [4.78, 5) is 24.8. The Hall–Kier alpha value is -2.67. The maximum absolute atomic E-state index is 12.9. The van der Waals surface area contributed by atoms with Crippen molar-refractivity contribution in [2.24, 2.45) is 0 Å². The molecule has 6 nitrogen and oxygen atoms in total. The normalized spacial score (nSPS) is 12.2. The van der Waals surface area contributed by atoms with Crippen LogP contribution < -0.4 is 4.74 Å². The summed E-state index contributed by atoms with van der Waals surface area (Å²) in [6, 6.07) is 13.3. The van der Waals surface area contributed by atoms with Gasteiger partial charge < -0.3 is 9.47 Å². The predicted molar refractivity (Wildman–Crippen MR) is 91.4 cm³/mol. The average molecular weight is 362 g/mol. The molecule has 0 fully saturated rings. The molecule has 0 aliphatic carbocycles. The van der Waals surface area contributed by atoms with Crippen molar-refractivity contribution < 1.29 is 27.5 Å². The van der Waals surface area contributed by atoms with Crippen LogP contribution in [0.1, 0.15) is 17.3 Å². The number of sulfone groups is 1. The van der Waals surface area contributed by atoms with Gasteiger partial charge >= 0.3 is 5.97 Å². The minimum absolute atomic E-state index is 0.0322. The first-order chi connectivity index (χ1) is 11.9. The monoisotopic (exact) mass is 362 g/mol. The van der Waals surface area contributed by atoms with E-state index in [9.17, 15) is 18.0 Å². The molecule has 2 rings (SSSR count). The number of benzene rings is 2. The maximum Gasteiger partial charge on any atom is 0.332 e. The quantitative estimate of drug-likeness (QED) is 0.427. The summed E-state index contributed by atoms with van der Waals surface area (Å²) in [6.45, 7) is 1.51. The van der Waals surface area contributed by atoms with Gasteiger partial charge in [-0.15, -0.1) is 0 Å². The van der Waals surface area contributed by atoms with Crippen LogP contribution in [0.25, 0.3) is 0 Å². The number of carbonyl (C=O) groups is 2. The van der Waals surface area contributed by atoms with E-state index in [1.54, 1.807) is 25.1 Å². The van der Waals surface area contributed by atoms with E-state index in [0.717, 1.165) is 0 Å². The highest BCUT2D eigenvalue weighted by molar-refractivity contribution is 7.93. The van der Waals surface area contributed by atoms with E-state index in [2.05, 4.69) is 0 Å². The van der Waals surface area contributed by atoms with Gasteiger partial charge in [0.1, 0.15) is 5.75 Å². The summed E-state index contributed by atoms with van der Waals surface area (Å²) < 4.78 is 35.6. The Morgan fingerprint density at radius 2 is 1.60 bits per heavy atom. The van der Waals surface area contributed by atoms with Gasteiger partial charge in [0.25, 0.3) is 0 Å². The lowest BCUT2D eigenvalue weighted by Gasteiger charge is -2.16. The van der Waals surface area contributed by atoms with Crippen LogP contribution >= 0.6 is 0 Å². The molecule has 0 aromatic heterocycles. The highest BCUT2D eigenvalue weighted by atomic mass is 32.2. The zero-order valence-corrected chi connectivity index (χ0v) is 14.7. The fraction of sp³-hybridized carbons (Fsp3) is 0.222. The lowest BCUT2D eigenvalue weighted by atomic mass is 10.1. The van der Waals surface area contributed by atoms with Gasteiger partial charge in [-0.2, -0.15) is 0 Å². The molecule has 25 heavy (non-hydrogen) atoms. The van der Waals surface area contributed by atoms with Crippen molar-refractivity contribution in [3.05, 3.63) is 60.2 Å². The second kappa shape index (κ2) is 7.94. The van der Waals surface area contributed by atoms with E-state index in [1.807, 2.05) is 0 Å². The second-order valence-electron chi connectivity index (χ2n) is 5.08. The molecule has 0 radical (unpaired) electrons. The van der Waals surface area contributed by atoms with E-state index in [-0.39, 0.29) is 17.1 Å². The fourth-order valence-corrected chi connectivity index (χ4v) is 3.77. The molecule has 0 saturated carbocycles. The number of carbonyl (C=O) groups excluding carboxylic acids is 2. The van der Waals surface area contributed by atoms with Crippen molar-refractivity contribution in [2.45, 2.75) is 17.1 Å². The molecule has 7 heteroatoms. The Morgan fingerprint density at radius 1 is 1.00 bits per heavy atom. The standard InChI is InChI=1S/C18H18O6S/c1-3-24-18(20)17(16(19)13-7-5-4-6-8-13)25(21,22)15-11-9-14(23-2)10-12-15/h4-12,17H,3H2,1-2H3. The van der Waals surface area contributed by atoms with E-state index < -0.39 is 26.8 Å². The molecule has 0 saturated heterocycles. The Kier molecular flexibility index (Phi) is 5.93. The zero-order valence-electron chi connectivity index (χ0n) is 13.8. The van der Waals surface area contributed by atoms with Crippen molar-refractivity contribution in [3.8, 4) is 5.75 Å². The van der Waals surface area contributed by atoms with Crippen LogP contribution in [-0.2, 0) is 19.4 Å². The van der Waals surface area contributed by atoms with Crippen LogP contribution in [-0.4, -0.2) is 39.1 Å². The van der Waals surface area contributed by atoms with Gasteiger partial charge in [-0.25, -0.2) is 8.42 Å². The summed E-state index contributed by atoms with van der Waals surface area (Å²) in [5, 5.41) is -1.96. The van der Waals surface area contributed by atoms with Gasteiger partial charge in [-0.3, -0.25) is 9.59 Å². The maximum atomic E-state index is 12.9. The first kappa shape index (κ1) is 18.7. The smallest absolute Gasteiger partial charge is 0.332 e.